The van der Waals surface area contributed by atoms with E-state index in [1.807, 2.05) is 12.1 Å². The van der Waals surface area contributed by atoms with E-state index >= 15 is 0 Å². The molecule has 0 fully saturated rings. The van der Waals surface area contributed by atoms with Gasteiger partial charge in [-0.15, -0.1) is 6.58 Å². The van der Waals surface area contributed by atoms with Gasteiger partial charge in [-0.25, -0.2) is 0 Å². The minimum atomic E-state index is 0.505. The second kappa shape index (κ2) is 6.28. The predicted molar refractivity (Wildman–Crippen MR) is 68.1 cm³/mol. The highest BCUT2D eigenvalue weighted by Gasteiger charge is 2.08. The molecule has 0 radical (unpaired) electrons. The van der Waals surface area contributed by atoms with Crippen LogP contribution in [0.2, 0.25) is 0 Å². The highest BCUT2D eigenvalue weighted by molar-refractivity contribution is 5.43. The fourth-order valence-electron chi connectivity index (χ4n) is 1.75. The van der Waals surface area contributed by atoms with Gasteiger partial charge in [-0.05, 0) is 30.9 Å². The van der Waals surface area contributed by atoms with Gasteiger partial charge in [0.25, 0.3) is 0 Å². The van der Waals surface area contributed by atoms with E-state index in [0.29, 0.717) is 12.0 Å². The molecule has 0 amide bonds. The lowest BCUT2D eigenvalue weighted by Gasteiger charge is -2.20. The average Bonchev–Trinajstić information content (AvgIpc) is 2.18. The van der Waals surface area contributed by atoms with E-state index in [-0.39, 0.29) is 0 Å². The highest BCUT2D eigenvalue weighted by Crippen LogP contribution is 2.15. The summed E-state index contributed by atoms with van der Waals surface area (Å²) in [7, 11) is 0. The second-order valence-electron chi connectivity index (χ2n) is 4.36. The number of rotatable bonds is 6. The Morgan fingerprint density at radius 2 is 1.93 bits per heavy atom. The molecule has 0 aliphatic carbocycles. The van der Waals surface area contributed by atoms with Crippen LogP contribution in [0.1, 0.15) is 26.7 Å². The van der Waals surface area contributed by atoms with Crippen LogP contribution in [0.5, 0.6) is 0 Å². The molecule has 1 rings (SSSR count). The zero-order valence-corrected chi connectivity index (χ0v) is 9.74. The predicted octanol–water partition coefficient (Wildman–Crippen LogP) is 4.09. The van der Waals surface area contributed by atoms with Gasteiger partial charge in [0.1, 0.15) is 0 Å². The molecule has 82 valence electrons. The van der Waals surface area contributed by atoms with Crippen LogP contribution in [0.3, 0.4) is 0 Å². The number of anilines is 1. The molecule has 0 bridgehead atoms. The van der Waals surface area contributed by atoms with Crippen LogP contribution in [-0.4, -0.2) is 6.04 Å². The zero-order chi connectivity index (χ0) is 11.1. The zero-order valence-electron chi connectivity index (χ0n) is 9.74. The van der Waals surface area contributed by atoms with Crippen molar-refractivity contribution in [3.63, 3.8) is 0 Å². The standard InChI is InChI=1S/C14H21N/c1-4-8-14(11-12(2)3)15-13-9-6-5-7-10-13/h4-7,9-10,12,14-15H,1,8,11H2,2-3H3. The Balaban J connectivity index is 2.54. The first-order valence-corrected chi connectivity index (χ1v) is 5.65. The lowest BCUT2D eigenvalue weighted by molar-refractivity contribution is 0.520. The quantitative estimate of drug-likeness (QED) is 0.687. The number of hydrogen-bond donors (Lipinski definition) is 1. The SMILES string of the molecule is C=CCC(CC(C)C)Nc1ccccc1. The fraction of sp³-hybridized carbons (Fsp3) is 0.429. The van der Waals surface area contributed by atoms with E-state index in [2.05, 4.69) is 50.0 Å². The van der Waals surface area contributed by atoms with Gasteiger partial charge in [-0.2, -0.15) is 0 Å². The number of nitrogens with one attached hydrogen (secondary N) is 1. The normalized spacial score (nSPS) is 12.5. The van der Waals surface area contributed by atoms with Crippen LogP contribution in [0.25, 0.3) is 0 Å². The molecule has 1 N–H and O–H groups in total. The van der Waals surface area contributed by atoms with Gasteiger partial charge in [0.2, 0.25) is 0 Å². The Morgan fingerprint density at radius 3 is 2.47 bits per heavy atom. The smallest absolute Gasteiger partial charge is 0.0342 e. The molecule has 1 aromatic carbocycles. The van der Waals surface area contributed by atoms with Crippen LogP contribution in [0.4, 0.5) is 5.69 Å². The van der Waals surface area contributed by atoms with E-state index in [1.54, 1.807) is 0 Å². The third kappa shape index (κ3) is 4.68. The maximum Gasteiger partial charge on any atom is 0.0342 e. The van der Waals surface area contributed by atoms with Gasteiger partial charge in [-0.3, -0.25) is 0 Å². The van der Waals surface area contributed by atoms with Gasteiger partial charge in [0.15, 0.2) is 0 Å². The lowest BCUT2D eigenvalue weighted by Crippen LogP contribution is -2.20. The highest BCUT2D eigenvalue weighted by atomic mass is 14.9. The average molecular weight is 203 g/mol. The molecule has 1 nitrogen and oxygen atoms in total. The Hall–Kier alpha value is -1.24. The third-order valence-corrected chi connectivity index (χ3v) is 2.35. The molecule has 0 heterocycles. The number of benzene rings is 1. The molecule has 0 aliphatic heterocycles. The van der Waals surface area contributed by atoms with Crippen molar-refractivity contribution in [3.8, 4) is 0 Å². The van der Waals surface area contributed by atoms with Crippen molar-refractivity contribution < 1.29 is 0 Å². The Labute approximate surface area is 93.2 Å². The summed E-state index contributed by atoms with van der Waals surface area (Å²) in [5.41, 5.74) is 1.20. The van der Waals surface area contributed by atoms with Crippen molar-refractivity contribution in [1.82, 2.24) is 0 Å². The van der Waals surface area contributed by atoms with Gasteiger partial charge < -0.3 is 5.32 Å². The summed E-state index contributed by atoms with van der Waals surface area (Å²) in [5.74, 6) is 0.714. The molecular weight excluding hydrogens is 182 g/mol. The van der Waals surface area contributed by atoms with Crippen LogP contribution >= 0.6 is 0 Å². The topological polar surface area (TPSA) is 12.0 Å². The maximum atomic E-state index is 3.81. The van der Waals surface area contributed by atoms with Gasteiger partial charge in [0, 0.05) is 11.7 Å². The van der Waals surface area contributed by atoms with E-state index in [9.17, 15) is 0 Å². The molecule has 0 saturated carbocycles. The minimum absolute atomic E-state index is 0.505. The summed E-state index contributed by atoms with van der Waals surface area (Å²) >= 11 is 0. The molecule has 0 spiro atoms. The molecule has 15 heavy (non-hydrogen) atoms. The Bertz CT molecular complexity index is 277. The molecule has 1 unspecified atom stereocenters. The maximum absolute atomic E-state index is 3.81. The van der Waals surface area contributed by atoms with Crippen LogP contribution < -0.4 is 5.32 Å². The number of para-hydroxylation sites is 1. The van der Waals surface area contributed by atoms with E-state index in [0.717, 1.165) is 6.42 Å². The van der Waals surface area contributed by atoms with Crippen molar-refractivity contribution in [2.75, 3.05) is 5.32 Å². The molecule has 1 heteroatoms. The lowest BCUT2D eigenvalue weighted by atomic mass is 10.0. The largest absolute Gasteiger partial charge is 0.382 e. The summed E-state index contributed by atoms with van der Waals surface area (Å²) < 4.78 is 0. The molecule has 0 saturated heterocycles. The van der Waals surface area contributed by atoms with Crippen molar-refractivity contribution in [2.24, 2.45) is 5.92 Å². The molecule has 1 atom stereocenters. The molecule has 0 aromatic heterocycles. The first-order chi connectivity index (χ1) is 7.22. The summed E-state index contributed by atoms with van der Waals surface area (Å²) in [5, 5.41) is 3.54. The number of hydrogen-bond acceptors (Lipinski definition) is 1. The van der Waals surface area contributed by atoms with Gasteiger partial charge >= 0.3 is 0 Å². The summed E-state index contributed by atoms with van der Waals surface area (Å²) in [6.07, 6.45) is 4.19. The Morgan fingerprint density at radius 1 is 1.27 bits per heavy atom. The minimum Gasteiger partial charge on any atom is -0.382 e. The van der Waals surface area contributed by atoms with Crippen LogP contribution in [0, 0.1) is 5.92 Å². The monoisotopic (exact) mass is 203 g/mol. The van der Waals surface area contributed by atoms with Gasteiger partial charge in [0.05, 0.1) is 0 Å². The third-order valence-electron chi connectivity index (χ3n) is 2.35. The Kier molecular flexibility index (Phi) is 4.96. The molecule has 1 aromatic rings. The summed E-state index contributed by atoms with van der Waals surface area (Å²) in [6.45, 7) is 8.31. The van der Waals surface area contributed by atoms with Crippen molar-refractivity contribution >= 4 is 5.69 Å². The van der Waals surface area contributed by atoms with Crippen LogP contribution in [0.15, 0.2) is 43.0 Å². The molecule has 0 aliphatic rings. The first-order valence-electron chi connectivity index (χ1n) is 5.65. The van der Waals surface area contributed by atoms with E-state index in [1.165, 1.54) is 12.1 Å². The summed E-state index contributed by atoms with van der Waals surface area (Å²) in [6, 6.07) is 10.9. The van der Waals surface area contributed by atoms with E-state index in [4.69, 9.17) is 0 Å². The van der Waals surface area contributed by atoms with E-state index < -0.39 is 0 Å². The van der Waals surface area contributed by atoms with Crippen molar-refractivity contribution in [2.45, 2.75) is 32.7 Å². The second-order valence-corrected chi connectivity index (χ2v) is 4.36. The van der Waals surface area contributed by atoms with Crippen LogP contribution in [-0.2, 0) is 0 Å². The van der Waals surface area contributed by atoms with Crippen molar-refractivity contribution in [3.05, 3.63) is 43.0 Å². The van der Waals surface area contributed by atoms with Gasteiger partial charge in [-0.1, -0.05) is 38.1 Å². The van der Waals surface area contributed by atoms with Crippen molar-refractivity contribution in [1.29, 1.82) is 0 Å². The fourth-order valence-corrected chi connectivity index (χ4v) is 1.75. The summed E-state index contributed by atoms with van der Waals surface area (Å²) in [4.78, 5) is 0. The first kappa shape index (κ1) is 11.8. The molecular formula is C14H21N.